The predicted molar refractivity (Wildman–Crippen MR) is 56.8 cm³/mol. The molecule has 0 radical (unpaired) electrons. The van der Waals surface area contributed by atoms with Crippen molar-refractivity contribution in [2.75, 3.05) is 12.8 Å². The third kappa shape index (κ3) is 2.34. The lowest BCUT2D eigenvalue weighted by Gasteiger charge is -2.06. The molecular formula is C11H13NO3. The molecule has 1 aromatic carbocycles. The molecule has 0 saturated carbocycles. The molecule has 0 heterocycles. The van der Waals surface area contributed by atoms with Gasteiger partial charge in [-0.05, 0) is 18.2 Å². The number of esters is 1. The van der Waals surface area contributed by atoms with Gasteiger partial charge in [0.05, 0.1) is 12.7 Å². The van der Waals surface area contributed by atoms with E-state index in [0.717, 1.165) is 0 Å². The molecule has 1 aromatic rings. The van der Waals surface area contributed by atoms with Gasteiger partial charge in [-0.15, -0.1) is 0 Å². The molecule has 1 rings (SSSR count). The summed E-state index contributed by atoms with van der Waals surface area (Å²) in [5, 5.41) is 0. The summed E-state index contributed by atoms with van der Waals surface area (Å²) < 4.78 is 4.58. The zero-order valence-electron chi connectivity index (χ0n) is 8.74. The van der Waals surface area contributed by atoms with Crippen LogP contribution in [0, 0.1) is 0 Å². The van der Waals surface area contributed by atoms with E-state index in [1.807, 2.05) is 0 Å². The van der Waals surface area contributed by atoms with Gasteiger partial charge in [0.25, 0.3) is 0 Å². The highest BCUT2D eigenvalue weighted by Gasteiger charge is 2.16. The van der Waals surface area contributed by atoms with Gasteiger partial charge in [-0.3, -0.25) is 4.79 Å². The predicted octanol–water partition coefficient (Wildman–Crippen LogP) is 1.65. The number of methoxy groups -OCH3 is 1. The van der Waals surface area contributed by atoms with Crippen LogP contribution in [0.25, 0.3) is 0 Å². The number of ether oxygens (including phenoxy) is 1. The van der Waals surface area contributed by atoms with Crippen LogP contribution in [0.15, 0.2) is 18.2 Å². The average Bonchev–Trinajstić information content (AvgIpc) is 2.26. The van der Waals surface area contributed by atoms with Crippen molar-refractivity contribution in [3.63, 3.8) is 0 Å². The van der Waals surface area contributed by atoms with Crippen LogP contribution < -0.4 is 5.73 Å². The summed E-state index contributed by atoms with van der Waals surface area (Å²) in [6, 6.07) is 4.59. The largest absolute Gasteiger partial charge is 0.465 e. The Bertz CT molecular complexity index is 399. The molecule has 0 saturated heterocycles. The summed E-state index contributed by atoms with van der Waals surface area (Å²) in [6.07, 6.45) is 0.341. The Hall–Kier alpha value is -1.84. The van der Waals surface area contributed by atoms with Crippen molar-refractivity contribution in [3.8, 4) is 0 Å². The first-order chi connectivity index (χ1) is 7.10. The number of nitrogen functional groups attached to an aromatic ring is 1. The SMILES string of the molecule is CCC(=O)c1ccc(N)cc1C(=O)OC. The first kappa shape index (κ1) is 11.2. The molecule has 80 valence electrons. The van der Waals surface area contributed by atoms with E-state index in [2.05, 4.69) is 4.74 Å². The second-order valence-electron chi connectivity index (χ2n) is 3.07. The molecule has 4 nitrogen and oxygen atoms in total. The minimum Gasteiger partial charge on any atom is -0.465 e. The third-order valence-corrected chi connectivity index (χ3v) is 2.07. The van der Waals surface area contributed by atoms with Crippen molar-refractivity contribution >= 4 is 17.4 Å². The van der Waals surface area contributed by atoms with Gasteiger partial charge in [0, 0.05) is 17.7 Å². The fourth-order valence-electron chi connectivity index (χ4n) is 1.27. The monoisotopic (exact) mass is 207 g/mol. The summed E-state index contributed by atoms with van der Waals surface area (Å²) in [5.41, 5.74) is 6.56. The van der Waals surface area contributed by atoms with Crippen LogP contribution in [0.4, 0.5) is 5.69 Å². The van der Waals surface area contributed by atoms with E-state index in [9.17, 15) is 9.59 Å². The quantitative estimate of drug-likeness (QED) is 0.464. The molecule has 0 amide bonds. The molecule has 0 aliphatic rings. The number of carbonyl (C=O) groups excluding carboxylic acids is 2. The molecular weight excluding hydrogens is 194 g/mol. The van der Waals surface area contributed by atoms with Crippen molar-refractivity contribution < 1.29 is 14.3 Å². The Morgan fingerprint density at radius 1 is 1.33 bits per heavy atom. The van der Waals surface area contributed by atoms with E-state index in [-0.39, 0.29) is 11.3 Å². The minimum atomic E-state index is -0.543. The van der Waals surface area contributed by atoms with Crippen LogP contribution in [0.1, 0.15) is 34.1 Å². The fourth-order valence-corrected chi connectivity index (χ4v) is 1.27. The van der Waals surface area contributed by atoms with Gasteiger partial charge in [-0.2, -0.15) is 0 Å². The summed E-state index contributed by atoms with van der Waals surface area (Å²) in [7, 11) is 1.27. The maximum absolute atomic E-state index is 11.5. The van der Waals surface area contributed by atoms with Gasteiger partial charge >= 0.3 is 5.97 Å². The van der Waals surface area contributed by atoms with Crippen molar-refractivity contribution in [1.82, 2.24) is 0 Å². The Morgan fingerprint density at radius 3 is 2.53 bits per heavy atom. The van der Waals surface area contributed by atoms with Crippen molar-refractivity contribution in [2.45, 2.75) is 13.3 Å². The zero-order chi connectivity index (χ0) is 11.4. The van der Waals surface area contributed by atoms with Crippen molar-refractivity contribution in [2.24, 2.45) is 0 Å². The topological polar surface area (TPSA) is 69.4 Å². The van der Waals surface area contributed by atoms with Gasteiger partial charge in [0.2, 0.25) is 0 Å². The van der Waals surface area contributed by atoms with Crippen molar-refractivity contribution in [3.05, 3.63) is 29.3 Å². The number of nitrogens with two attached hydrogens (primary N) is 1. The normalized spacial score (nSPS) is 9.73. The van der Waals surface area contributed by atoms with Gasteiger partial charge in [-0.1, -0.05) is 6.92 Å². The number of ketones is 1. The Balaban J connectivity index is 3.26. The van der Waals surface area contributed by atoms with Crippen LogP contribution in [-0.2, 0) is 4.74 Å². The highest BCUT2D eigenvalue weighted by Crippen LogP contribution is 2.16. The van der Waals surface area contributed by atoms with E-state index >= 15 is 0 Å². The number of rotatable bonds is 3. The van der Waals surface area contributed by atoms with Crippen LogP contribution in [0.2, 0.25) is 0 Å². The highest BCUT2D eigenvalue weighted by atomic mass is 16.5. The lowest BCUT2D eigenvalue weighted by atomic mass is 10.0. The van der Waals surface area contributed by atoms with E-state index in [4.69, 9.17) is 5.73 Å². The smallest absolute Gasteiger partial charge is 0.338 e. The van der Waals surface area contributed by atoms with E-state index in [0.29, 0.717) is 17.7 Å². The maximum atomic E-state index is 11.5. The maximum Gasteiger partial charge on any atom is 0.338 e. The molecule has 0 spiro atoms. The Morgan fingerprint density at radius 2 is 2.00 bits per heavy atom. The zero-order valence-corrected chi connectivity index (χ0v) is 8.74. The molecule has 2 N–H and O–H groups in total. The Kier molecular flexibility index (Phi) is 3.44. The van der Waals surface area contributed by atoms with Crippen LogP contribution >= 0.6 is 0 Å². The first-order valence-corrected chi connectivity index (χ1v) is 4.61. The molecule has 0 aromatic heterocycles. The highest BCUT2D eigenvalue weighted by molar-refractivity contribution is 6.06. The standard InChI is InChI=1S/C11H13NO3/c1-3-10(13)8-5-4-7(12)6-9(8)11(14)15-2/h4-6H,3,12H2,1-2H3. The molecule has 0 fully saturated rings. The second kappa shape index (κ2) is 4.59. The fraction of sp³-hybridized carbons (Fsp3) is 0.273. The van der Waals surface area contributed by atoms with Gasteiger partial charge in [0.15, 0.2) is 5.78 Å². The average molecular weight is 207 g/mol. The molecule has 0 unspecified atom stereocenters. The number of carbonyl (C=O) groups is 2. The van der Waals surface area contributed by atoms with Gasteiger partial charge in [0.1, 0.15) is 0 Å². The lowest BCUT2D eigenvalue weighted by molar-refractivity contribution is 0.0597. The first-order valence-electron chi connectivity index (χ1n) is 4.61. The Labute approximate surface area is 88.0 Å². The third-order valence-electron chi connectivity index (χ3n) is 2.07. The summed E-state index contributed by atoms with van der Waals surface area (Å²) in [5.74, 6) is -0.644. The lowest BCUT2D eigenvalue weighted by Crippen LogP contribution is -2.10. The number of anilines is 1. The summed E-state index contributed by atoms with van der Waals surface area (Å²) >= 11 is 0. The number of hydrogen-bond donors (Lipinski definition) is 1. The van der Waals surface area contributed by atoms with Crippen LogP contribution in [-0.4, -0.2) is 18.9 Å². The summed E-state index contributed by atoms with van der Waals surface area (Å²) in [4.78, 5) is 22.9. The van der Waals surface area contributed by atoms with Crippen LogP contribution in [0.3, 0.4) is 0 Å². The van der Waals surface area contributed by atoms with Crippen LogP contribution in [0.5, 0.6) is 0 Å². The number of hydrogen-bond acceptors (Lipinski definition) is 4. The van der Waals surface area contributed by atoms with E-state index < -0.39 is 5.97 Å². The van der Waals surface area contributed by atoms with E-state index in [1.165, 1.54) is 13.2 Å². The van der Waals surface area contributed by atoms with Gasteiger partial charge in [-0.25, -0.2) is 4.79 Å². The van der Waals surface area contributed by atoms with Crippen molar-refractivity contribution in [1.29, 1.82) is 0 Å². The molecule has 0 aliphatic heterocycles. The molecule has 0 atom stereocenters. The van der Waals surface area contributed by atoms with Gasteiger partial charge < -0.3 is 10.5 Å². The molecule has 0 bridgehead atoms. The second-order valence-corrected chi connectivity index (χ2v) is 3.07. The number of Topliss-reactive ketones (excluding diaryl/α,β-unsaturated/α-hetero) is 1. The number of benzene rings is 1. The molecule has 15 heavy (non-hydrogen) atoms. The van der Waals surface area contributed by atoms with E-state index in [1.54, 1.807) is 19.1 Å². The molecule has 0 aliphatic carbocycles. The minimum absolute atomic E-state index is 0.101. The molecule has 4 heteroatoms. The summed E-state index contributed by atoms with van der Waals surface area (Å²) in [6.45, 7) is 1.74.